The normalized spacial score (nSPS) is 27.4. The summed E-state index contributed by atoms with van der Waals surface area (Å²) in [4.78, 5) is 8.22. The van der Waals surface area contributed by atoms with Crippen LogP contribution in [-0.2, 0) is 6.18 Å². The Balaban J connectivity index is 1.85. The van der Waals surface area contributed by atoms with Crippen LogP contribution in [0.2, 0.25) is 0 Å². The molecule has 2 fully saturated rings. The quantitative estimate of drug-likeness (QED) is 0.782. The van der Waals surface area contributed by atoms with Crippen molar-refractivity contribution in [2.24, 2.45) is 0 Å². The van der Waals surface area contributed by atoms with Gasteiger partial charge in [-0.05, 0) is 25.5 Å². The van der Waals surface area contributed by atoms with Gasteiger partial charge in [0.1, 0.15) is 0 Å². The molecule has 1 aromatic rings. The van der Waals surface area contributed by atoms with E-state index < -0.39 is 11.7 Å². The molecular formula is C13H16F3N3. The zero-order valence-corrected chi connectivity index (χ0v) is 10.5. The Morgan fingerprint density at radius 3 is 2.79 bits per heavy atom. The lowest BCUT2D eigenvalue weighted by Gasteiger charge is -2.46. The summed E-state index contributed by atoms with van der Waals surface area (Å²) < 4.78 is 38.2. The van der Waals surface area contributed by atoms with Crippen LogP contribution in [0.25, 0.3) is 0 Å². The van der Waals surface area contributed by atoms with E-state index in [1.54, 1.807) is 6.20 Å². The molecule has 0 radical (unpaired) electrons. The summed E-state index contributed by atoms with van der Waals surface area (Å²) >= 11 is 0. The van der Waals surface area contributed by atoms with Crippen molar-refractivity contribution in [3.05, 3.63) is 24.0 Å². The monoisotopic (exact) mass is 271 g/mol. The molecule has 3 nitrogen and oxygen atoms in total. The van der Waals surface area contributed by atoms with Gasteiger partial charge < -0.3 is 4.90 Å². The number of nitrogens with zero attached hydrogens (tertiary/aromatic N) is 3. The van der Waals surface area contributed by atoms with Gasteiger partial charge in [-0.3, -0.25) is 9.88 Å². The molecule has 2 aliphatic rings. The molecule has 6 heteroatoms. The summed E-state index contributed by atoms with van der Waals surface area (Å²) in [6, 6.07) is 1.55. The minimum absolute atomic E-state index is 0.327. The molecule has 2 atom stereocenters. The number of pyridine rings is 1. The molecule has 0 aromatic carbocycles. The lowest BCUT2D eigenvalue weighted by molar-refractivity contribution is -0.137. The van der Waals surface area contributed by atoms with Crippen LogP contribution >= 0.6 is 0 Å². The van der Waals surface area contributed by atoms with E-state index >= 15 is 0 Å². The predicted molar refractivity (Wildman–Crippen MR) is 66.0 cm³/mol. The van der Waals surface area contributed by atoms with Crippen LogP contribution < -0.4 is 4.90 Å². The third-order valence-electron chi connectivity index (χ3n) is 3.96. The molecule has 104 valence electrons. The van der Waals surface area contributed by atoms with Crippen LogP contribution in [0.1, 0.15) is 18.4 Å². The number of piperazine rings is 1. The number of halogens is 3. The largest absolute Gasteiger partial charge is 0.417 e. The standard InChI is InChI=1S/C13H16F3N3/c14-13(15,16)10-6-12(8-17-7-10)19-5-4-18-3-1-2-11(19)9-18/h6-8,11H,1-5,9H2. The average Bonchev–Trinajstić information content (AvgIpc) is 2.38. The Hall–Kier alpha value is -1.30. The predicted octanol–water partition coefficient (Wildman–Crippen LogP) is 2.38. The van der Waals surface area contributed by atoms with Crippen LogP contribution in [0.4, 0.5) is 18.9 Å². The van der Waals surface area contributed by atoms with Gasteiger partial charge in [0.2, 0.25) is 0 Å². The Morgan fingerprint density at radius 2 is 2.00 bits per heavy atom. The second-order valence-corrected chi connectivity index (χ2v) is 5.22. The molecule has 3 rings (SSSR count). The fourth-order valence-electron chi connectivity index (χ4n) is 3.00. The van der Waals surface area contributed by atoms with Crippen LogP contribution in [0.3, 0.4) is 0 Å². The molecule has 0 N–H and O–H groups in total. The first-order valence-corrected chi connectivity index (χ1v) is 6.55. The van der Waals surface area contributed by atoms with E-state index in [0.29, 0.717) is 11.7 Å². The highest BCUT2D eigenvalue weighted by Crippen LogP contribution is 2.32. The molecule has 2 aliphatic heterocycles. The van der Waals surface area contributed by atoms with Gasteiger partial charge in [-0.15, -0.1) is 0 Å². The number of hydrogen-bond acceptors (Lipinski definition) is 3. The van der Waals surface area contributed by atoms with Crippen LogP contribution in [-0.4, -0.2) is 42.1 Å². The van der Waals surface area contributed by atoms with E-state index in [0.717, 1.165) is 45.2 Å². The second kappa shape index (κ2) is 4.67. The smallest absolute Gasteiger partial charge is 0.365 e. The number of anilines is 1. The Labute approximate surface area is 110 Å². The summed E-state index contributed by atoms with van der Waals surface area (Å²) in [6.45, 7) is 3.78. The molecule has 0 saturated carbocycles. The van der Waals surface area contributed by atoms with E-state index in [-0.39, 0.29) is 0 Å². The molecular weight excluding hydrogens is 255 g/mol. The van der Waals surface area contributed by atoms with Crippen LogP contribution in [0.15, 0.2) is 18.5 Å². The third kappa shape index (κ3) is 2.54. The SMILES string of the molecule is FC(F)(F)c1cncc(N2CCN3CCCC2C3)c1. The van der Waals surface area contributed by atoms with Crippen molar-refractivity contribution in [2.45, 2.75) is 25.1 Å². The zero-order chi connectivity index (χ0) is 13.5. The Bertz CT molecular complexity index is 461. The summed E-state index contributed by atoms with van der Waals surface area (Å²) in [7, 11) is 0. The molecule has 0 spiro atoms. The van der Waals surface area contributed by atoms with Gasteiger partial charge >= 0.3 is 6.18 Å². The average molecular weight is 271 g/mol. The van der Waals surface area contributed by atoms with Gasteiger partial charge in [0.05, 0.1) is 17.4 Å². The van der Waals surface area contributed by atoms with E-state index in [2.05, 4.69) is 14.8 Å². The number of fused-ring (bicyclic) bond motifs is 2. The van der Waals surface area contributed by atoms with Crippen molar-refractivity contribution in [1.82, 2.24) is 9.88 Å². The zero-order valence-electron chi connectivity index (χ0n) is 10.5. The first kappa shape index (κ1) is 12.7. The molecule has 1 aromatic heterocycles. The summed E-state index contributed by atoms with van der Waals surface area (Å²) in [5.41, 5.74) is -0.0652. The van der Waals surface area contributed by atoms with E-state index in [1.807, 2.05) is 0 Å². The molecule has 2 unspecified atom stereocenters. The summed E-state index contributed by atoms with van der Waals surface area (Å²) in [5, 5.41) is 0. The number of hydrogen-bond donors (Lipinski definition) is 0. The highest BCUT2D eigenvalue weighted by Gasteiger charge is 2.34. The van der Waals surface area contributed by atoms with Gasteiger partial charge in [-0.1, -0.05) is 0 Å². The van der Waals surface area contributed by atoms with Crippen molar-refractivity contribution in [2.75, 3.05) is 31.1 Å². The first-order valence-electron chi connectivity index (χ1n) is 6.55. The first-order chi connectivity index (χ1) is 9.04. The van der Waals surface area contributed by atoms with Crippen molar-refractivity contribution in [1.29, 1.82) is 0 Å². The van der Waals surface area contributed by atoms with E-state index in [9.17, 15) is 13.2 Å². The Kier molecular flexibility index (Phi) is 3.12. The van der Waals surface area contributed by atoms with Gasteiger partial charge in [0, 0.05) is 31.9 Å². The lowest BCUT2D eigenvalue weighted by atomic mass is 10.0. The van der Waals surface area contributed by atoms with Gasteiger partial charge in [0.25, 0.3) is 0 Å². The Morgan fingerprint density at radius 1 is 1.16 bits per heavy atom. The maximum atomic E-state index is 12.7. The van der Waals surface area contributed by atoms with E-state index in [4.69, 9.17) is 0 Å². The fourth-order valence-corrected chi connectivity index (χ4v) is 3.00. The maximum Gasteiger partial charge on any atom is 0.417 e. The summed E-state index contributed by atoms with van der Waals surface area (Å²) in [5.74, 6) is 0. The summed E-state index contributed by atoms with van der Waals surface area (Å²) in [6.07, 6.45) is 0.276. The lowest BCUT2D eigenvalue weighted by Crippen LogP contribution is -2.56. The van der Waals surface area contributed by atoms with Crippen molar-refractivity contribution < 1.29 is 13.2 Å². The van der Waals surface area contributed by atoms with Crippen LogP contribution in [0, 0.1) is 0 Å². The number of piperidine rings is 1. The molecule has 0 aliphatic carbocycles. The minimum Gasteiger partial charge on any atom is -0.365 e. The molecule has 3 heterocycles. The number of alkyl halides is 3. The van der Waals surface area contributed by atoms with Gasteiger partial charge in [-0.25, -0.2) is 0 Å². The van der Waals surface area contributed by atoms with E-state index in [1.165, 1.54) is 6.07 Å². The molecule has 2 saturated heterocycles. The molecule has 0 amide bonds. The molecule has 19 heavy (non-hydrogen) atoms. The highest BCUT2D eigenvalue weighted by atomic mass is 19.4. The number of rotatable bonds is 1. The van der Waals surface area contributed by atoms with Crippen LogP contribution in [0.5, 0.6) is 0 Å². The second-order valence-electron chi connectivity index (χ2n) is 5.22. The maximum absolute atomic E-state index is 12.7. The van der Waals surface area contributed by atoms with Crippen molar-refractivity contribution in [3.63, 3.8) is 0 Å². The third-order valence-corrected chi connectivity index (χ3v) is 3.96. The van der Waals surface area contributed by atoms with Gasteiger partial charge in [-0.2, -0.15) is 13.2 Å². The minimum atomic E-state index is -4.32. The number of aromatic nitrogens is 1. The topological polar surface area (TPSA) is 19.4 Å². The highest BCUT2D eigenvalue weighted by molar-refractivity contribution is 5.48. The van der Waals surface area contributed by atoms with Crippen molar-refractivity contribution in [3.8, 4) is 0 Å². The van der Waals surface area contributed by atoms with Gasteiger partial charge in [0.15, 0.2) is 0 Å². The van der Waals surface area contributed by atoms with Crippen molar-refractivity contribution >= 4 is 5.69 Å². The molecule has 2 bridgehead atoms. The fraction of sp³-hybridized carbons (Fsp3) is 0.615.